The summed E-state index contributed by atoms with van der Waals surface area (Å²) >= 11 is 0. The molecule has 0 N–H and O–H groups in total. The first-order chi connectivity index (χ1) is 12.1. The lowest BCUT2D eigenvalue weighted by Crippen LogP contribution is -2.58. The molecule has 6 heteroatoms. The number of carbonyl (C=O) groups is 1. The van der Waals surface area contributed by atoms with Crippen LogP contribution < -0.4 is 10.0 Å². The number of nitrogens with zero attached hydrogens (tertiary/aromatic N) is 2. The Labute approximate surface area is 144 Å². The molecule has 5 rings (SSSR count). The van der Waals surface area contributed by atoms with E-state index in [9.17, 15) is 20.0 Å². The Kier molecular flexibility index (Phi) is 2.90. The van der Waals surface area contributed by atoms with Crippen LogP contribution >= 0.6 is 0 Å². The number of carboxylic acid groups (broad SMARTS) is 1. The number of aliphatic carboxylic acids is 1. The maximum absolute atomic E-state index is 12.0. The zero-order valence-electron chi connectivity index (χ0n) is 13.5. The molecule has 0 radical (unpaired) electrons. The van der Waals surface area contributed by atoms with Crippen molar-refractivity contribution in [2.75, 3.05) is 11.4 Å². The number of fused-ring (bicyclic) bond motifs is 4. The summed E-state index contributed by atoms with van der Waals surface area (Å²) in [5.74, 6) is -0.838. The molecule has 6 nitrogen and oxygen atoms in total. The molecular weight excluding hydrogens is 320 g/mol. The molecule has 0 saturated heterocycles. The van der Waals surface area contributed by atoms with E-state index in [4.69, 9.17) is 0 Å². The number of hydrogen-bond donors (Lipinski definition) is 0. The minimum atomic E-state index is -1.04. The summed E-state index contributed by atoms with van der Waals surface area (Å²) < 4.78 is 0. The van der Waals surface area contributed by atoms with Gasteiger partial charge in [0.15, 0.2) is 0 Å². The molecule has 25 heavy (non-hydrogen) atoms. The molecule has 0 fully saturated rings. The average molecular weight is 337 g/mol. The fraction of sp³-hybridized carbons (Fsp3) is 0.421. The second-order valence-corrected chi connectivity index (χ2v) is 7.45. The predicted molar refractivity (Wildman–Crippen MR) is 89.2 cm³/mol. The van der Waals surface area contributed by atoms with Crippen LogP contribution in [0.2, 0.25) is 0 Å². The highest BCUT2D eigenvalue weighted by Gasteiger charge is 2.48. The number of allylic oxidation sites excluding steroid dienone is 4. The molecule has 1 aromatic rings. The number of nitro groups is 1. The third kappa shape index (κ3) is 1.88. The van der Waals surface area contributed by atoms with E-state index >= 15 is 0 Å². The molecule has 2 aliphatic carbocycles. The second kappa shape index (κ2) is 4.94. The Morgan fingerprint density at radius 3 is 2.52 bits per heavy atom. The van der Waals surface area contributed by atoms with Crippen molar-refractivity contribution in [3.63, 3.8) is 0 Å². The van der Waals surface area contributed by atoms with Crippen LogP contribution in [0.3, 0.4) is 0 Å². The first-order valence-electron chi connectivity index (χ1n) is 8.69. The topological polar surface area (TPSA) is 86.5 Å². The Morgan fingerprint density at radius 1 is 1.12 bits per heavy atom. The third-order valence-corrected chi connectivity index (χ3v) is 6.29. The lowest BCUT2D eigenvalue weighted by molar-refractivity contribution is -0.385. The number of anilines is 1. The molecule has 0 saturated carbocycles. The van der Waals surface area contributed by atoms with E-state index in [2.05, 4.69) is 12.2 Å². The summed E-state index contributed by atoms with van der Waals surface area (Å²) in [4.78, 5) is 25.1. The highest BCUT2D eigenvalue weighted by molar-refractivity contribution is 5.83. The van der Waals surface area contributed by atoms with Gasteiger partial charge in [0.1, 0.15) is 0 Å². The highest BCUT2D eigenvalue weighted by Crippen LogP contribution is 2.55. The van der Waals surface area contributed by atoms with Crippen LogP contribution in [0.1, 0.15) is 35.8 Å². The van der Waals surface area contributed by atoms with Gasteiger partial charge in [0.2, 0.25) is 0 Å². The Hall–Kier alpha value is -2.63. The summed E-state index contributed by atoms with van der Waals surface area (Å²) in [5, 5.41) is 23.4. The lowest BCUT2D eigenvalue weighted by Gasteiger charge is -2.51. The summed E-state index contributed by atoms with van der Waals surface area (Å²) in [6.45, 7) is 0.664. The molecule has 1 aromatic carbocycles. The molecule has 0 bridgehead atoms. The van der Waals surface area contributed by atoms with Crippen molar-refractivity contribution in [2.24, 2.45) is 11.8 Å². The van der Waals surface area contributed by atoms with Crippen molar-refractivity contribution >= 4 is 17.3 Å². The number of benzene rings is 1. The van der Waals surface area contributed by atoms with Crippen LogP contribution in [-0.2, 0) is 4.79 Å². The van der Waals surface area contributed by atoms with Crippen LogP contribution in [0.15, 0.2) is 36.4 Å². The van der Waals surface area contributed by atoms with Gasteiger partial charge in [-0.25, -0.2) is 0 Å². The molecule has 2 aliphatic heterocycles. The zero-order valence-corrected chi connectivity index (χ0v) is 13.5. The SMILES string of the molecule is O=C([O-])[C@@H]1[C@H]2CC=C[C@@H]2c2cc([N+](=O)[O-])cc3c2N1C[C@@H]1CC=C[C@@H]31. The first kappa shape index (κ1) is 14.7. The molecule has 2 heterocycles. The van der Waals surface area contributed by atoms with E-state index in [1.807, 2.05) is 17.1 Å². The Balaban J connectivity index is 1.79. The van der Waals surface area contributed by atoms with Gasteiger partial charge < -0.3 is 14.8 Å². The van der Waals surface area contributed by atoms with Crippen LogP contribution in [-0.4, -0.2) is 23.5 Å². The number of non-ortho nitro benzene ring substituents is 1. The monoisotopic (exact) mass is 337 g/mol. The number of hydrogen-bond acceptors (Lipinski definition) is 5. The highest BCUT2D eigenvalue weighted by atomic mass is 16.6. The van der Waals surface area contributed by atoms with Gasteiger partial charge >= 0.3 is 0 Å². The van der Waals surface area contributed by atoms with Crippen molar-refractivity contribution in [3.8, 4) is 0 Å². The molecule has 0 spiro atoms. The van der Waals surface area contributed by atoms with Gasteiger partial charge in [0.05, 0.1) is 16.9 Å². The van der Waals surface area contributed by atoms with Crippen LogP contribution in [0.5, 0.6) is 0 Å². The van der Waals surface area contributed by atoms with E-state index < -0.39 is 12.0 Å². The zero-order chi connectivity index (χ0) is 17.3. The van der Waals surface area contributed by atoms with Crippen LogP contribution in [0.25, 0.3) is 0 Å². The normalized spacial score (nSPS) is 33.8. The summed E-state index contributed by atoms with van der Waals surface area (Å²) in [6.07, 6.45) is 9.78. The van der Waals surface area contributed by atoms with Gasteiger partial charge in [-0.1, -0.05) is 24.3 Å². The van der Waals surface area contributed by atoms with Gasteiger partial charge in [-0.05, 0) is 35.8 Å². The first-order valence-corrected chi connectivity index (χ1v) is 8.69. The molecule has 4 aliphatic rings. The molecule has 5 atom stereocenters. The lowest BCUT2D eigenvalue weighted by atomic mass is 9.72. The van der Waals surface area contributed by atoms with E-state index in [1.165, 1.54) is 0 Å². The van der Waals surface area contributed by atoms with E-state index in [1.54, 1.807) is 12.1 Å². The smallest absolute Gasteiger partial charge is 0.270 e. The summed E-state index contributed by atoms with van der Waals surface area (Å²) in [7, 11) is 0. The van der Waals surface area contributed by atoms with E-state index in [0.29, 0.717) is 13.0 Å². The van der Waals surface area contributed by atoms with E-state index in [-0.39, 0.29) is 34.3 Å². The minimum absolute atomic E-state index is 0.0882. The fourth-order valence-corrected chi connectivity index (χ4v) is 5.32. The summed E-state index contributed by atoms with van der Waals surface area (Å²) in [6, 6.07) is 2.61. The van der Waals surface area contributed by atoms with Gasteiger partial charge in [-0.15, -0.1) is 0 Å². The number of rotatable bonds is 2. The molecule has 0 aromatic heterocycles. The standard InChI is InChI=1S/C19H18N2O4/c22-19(23)18-14-6-2-5-13(14)16-8-11(21(24)25)7-15-12-4-1-3-10(12)9-20(18)17(15)16/h1-2,4-5,7-8,10,12-14,18H,3,6,9H2,(H,22,23)/p-1/t10-,12+,13-,14-,18-/m0/s1. The maximum Gasteiger partial charge on any atom is 0.270 e. The molecular formula is C19H17N2O4-. The average Bonchev–Trinajstić information content (AvgIpc) is 3.23. The van der Waals surface area contributed by atoms with Gasteiger partial charge in [0, 0.05) is 36.2 Å². The molecule has 128 valence electrons. The Bertz CT molecular complexity index is 842. The largest absolute Gasteiger partial charge is 0.548 e. The van der Waals surface area contributed by atoms with Crippen molar-refractivity contribution in [3.05, 3.63) is 57.7 Å². The van der Waals surface area contributed by atoms with Crippen LogP contribution in [0, 0.1) is 22.0 Å². The van der Waals surface area contributed by atoms with Gasteiger partial charge in [-0.2, -0.15) is 0 Å². The maximum atomic E-state index is 12.0. The third-order valence-electron chi connectivity index (χ3n) is 6.29. The summed E-state index contributed by atoms with van der Waals surface area (Å²) in [5.41, 5.74) is 2.79. The minimum Gasteiger partial charge on any atom is -0.548 e. The molecule has 0 amide bonds. The van der Waals surface area contributed by atoms with Crippen molar-refractivity contribution in [2.45, 2.75) is 30.7 Å². The second-order valence-electron chi connectivity index (χ2n) is 7.45. The number of nitro benzene ring substituents is 1. The quantitative estimate of drug-likeness (QED) is 0.467. The van der Waals surface area contributed by atoms with E-state index in [0.717, 1.165) is 23.2 Å². The van der Waals surface area contributed by atoms with Gasteiger partial charge in [-0.3, -0.25) is 10.1 Å². The molecule has 0 unspecified atom stereocenters. The Morgan fingerprint density at radius 2 is 1.80 bits per heavy atom. The fourth-order valence-electron chi connectivity index (χ4n) is 5.32. The number of carboxylic acids is 1. The van der Waals surface area contributed by atoms with Gasteiger partial charge in [0.25, 0.3) is 5.69 Å². The number of carbonyl (C=O) groups excluding carboxylic acids is 1. The van der Waals surface area contributed by atoms with Crippen LogP contribution in [0.4, 0.5) is 11.4 Å². The predicted octanol–water partition coefficient (Wildman–Crippen LogP) is 1.87. The van der Waals surface area contributed by atoms with Crippen molar-refractivity contribution in [1.29, 1.82) is 0 Å². The van der Waals surface area contributed by atoms with Crippen molar-refractivity contribution in [1.82, 2.24) is 0 Å². The van der Waals surface area contributed by atoms with Crippen molar-refractivity contribution < 1.29 is 14.8 Å².